The van der Waals surface area contributed by atoms with Crippen molar-refractivity contribution in [2.45, 2.75) is 26.7 Å². The third-order valence-corrected chi connectivity index (χ3v) is 3.29. The highest BCUT2D eigenvalue weighted by molar-refractivity contribution is 5.73. The Morgan fingerprint density at radius 3 is 3.11 bits per heavy atom. The first-order valence-electron chi connectivity index (χ1n) is 6.52. The van der Waals surface area contributed by atoms with Crippen molar-refractivity contribution in [2.24, 2.45) is 5.92 Å². The normalized spacial score (nSPS) is 19.3. The molecule has 0 N–H and O–H groups in total. The second kappa shape index (κ2) is 5.95. The van der Waals surface area contributed by atoms with E-state index in [4.69, 9.17) is 4.74 Å². The number of carbonyl (C=O) groups is 1. The lowest BCUT2D eigenvalue weighted by atomic mass is 9.98. The first-order valence-corrected chi connectivity index (χ1v) is 6.52. The van der Waals surface area contributed by atoms with Crippen molar-refractivity contribution in [1.29, 1.82) is 0 Å². The fourth-order valence-corrected chi connectivity index (χ4v) is 2.29. The molecular formula is C13H18FN3O2. The zero-order valence-corrected chi connectivity index (χ0v) is 11.2. The number of piperidine rings is 1. The fraction of sp³-hybridized carbons (Fsp3) is 0.615. The molecule has 1 unspecified atom stereocenters. The maximum absolute atomic E-state index is 14.0. The van der Waals surface area contributed by atoms with Gasteiger partial charge in [0, 0.05) is 13.1 Å². The fourth-order valence-electron chi connectivity index (χ4n) is 2.29. The van der Waals surface area contributed by atoms with Gasteiger partial charge in [-0.2, -0.15) is 0 Å². The van der Waals surface area contributed by atoms with Crippen LogP contribution in [0.1, 0.15) is 25.5 Å². The molecule has 104 valence electrons. The number of anilines is 1. The molecule has 19 heavy (non-hydrogen) atoms. The molecule has 0 amide bonds. The highest BCUT2D eigenvalue weighted by atomic mass is 19.1. The molecule has 1 aliphatic rings. The summed E-state index contributed by atoms with van der Waals surface area (Å²) in [6, 6.07) is 0. The Balaban J connectivity index is 2.13. The minimum Gasteiger partial charge on any atom is -0.466 e. The first-order chi connectivity index (χ1) is 9.13. The summed E-state index contributed by atoms with van der Waals surface area (Å²) in [5.41, 5.74) is 0.322. The molecule has 0 spiro atoms. The number of rotatable bonds is 3. The minimum atomic E-state index is -0.410. The standard InChI is InChI=1S/C13H18FN3O2/c1-3-19-13(18)10-5-4-6-17(7-10)12-11(14)9(2)15-8-16-12/h8,10H,3-7H2,1-2H3. The van der Waals surface area contributed by atoms with Crippen molar-refractivity contribution in [3.05, 3.63) is 17.8 Å². The van der Waals surface area contributed by atoms with Crippen LogP contribution >= 0.6 is 0 Å². The van der Waals surface area contributed by atoms with Crippen LogP contribution in [0.4, 0.5) is 10.2 Å². The van der Waals surface area contributed by atoms with E-state index in [1.165, 1.54) is 6.33 Å². The van der Waals surface area contributed by atoms with E-state index >= 15 is 0 Å². The molecule has 0 saturated carbocycles. The van der Waals surface area contributed by atoms with E-state index < -0.39 is 5.82 Å². The molecule has 1 aromatic rings. The molecule has 1 fully saturated rings. The van der Waals surface area contributed by atoms with Gasteiger partial charge in [-0.15, -0.1) is 0 Å². The molecule has 5 nitrogen and oxygen atoms in total. The predicted molar refractivity (Wildman–Crippen MR) is 68.3 cm³/mol. The molecule has 1 aromatic heterocycles. The number of nitrogens with zero attached hydrogens (tertiary/aromatic N) is 3. The molecular weight excluding hydrogens is 249 g/mol. The first kappa shape index (κ1) is 13.7. The van der Waals surface area contributed by atoms with E-state index in [-0.39, 0.29) is 17.7 Å². The van der Waals surface area contributed by atoms with Gasteiger partial charge in [0.1, 0.15) is 6.33 Å². The van der Waals surface area contributed by atoms with Crippen LogP contribution in [0.3, 0.4) is 0 Å². The summed E-state index contributed by atoms with van der Waals surface area (Å²) in [5, 5.41) is 0. The van der Waals surface area contributed by atoms with Gasteiger partial charge < -0.3 is 9.64 Å². The van der Waals surface area contributed by atoms with Gasteiger partial charge in [-0.05, 0) is 26.7 Å². The van der Waals surface area contributed by atoms with Crippen molar-refractivity contribution in [3.8, 4) is 0 Å². The molecule has 0 aliphatic carbocycles. The Bertz CT molecular complexity index is 467. The molecule has 2 rings (SSSR count). The molecule has 1 saturated heterocycles. The number of aryl methyl sites for hydroxylation is 1. The summed E-state index contributed by atoms with van der Waals surface area (Å²) in [6.07, 6.45) is 2.95. The summed E-state index contributed by atoms with van der Waals surface area (Å²) in [6.45, 7) is 4.91. The highest BCUT2D eigenvalue weighted by Gasteiger charge is 2.29. The number of hydrogen-bond acceptors (Lipinski definition) is 5. The zero-order chi connectivity index (χ0) is 13.8. The van der Waals surface area contributed by atoms with Crippen LogP contribution in [0.2, 0.25) is 0 Å². The Hall–Kier alpha value is -1.72. The summed E-state index contributed by atoms with van der Waals surface area (Å²) < 4.78 is 19.0. The molecule has 0 aromatic carbocycles. The van der Waals surface area contributed by atoms with Crippen molar-refractivity contribution in [2.75, 3.05) is 24.6 Å². The summed E-state index contributed by atoms with van der Waals surface area (Å²) in [5.74, 6) is -0.546. The van der Waals surface area contributed by atoms with Crippen LogP contribution in [0, 0.1) is 18.7 Å². The summed E-state index contributed by atoms with van der Waals surface area (Å²) in [4.78, 5) is 21.4. The van der Waals surface area contributed by atoms with Crippen LogP contribution < -0.4 is 4.90 Å². The van der Waals surface area contributed by atoms with Gasteiger partial charge in [0.05, 0.1) is 18.2 Å². The number of hydrogen-bond donors (Lipinski definition) is 0. The quantitative estimate of drug-likeness (QED) is 0.780. The number of ether oxygens (including phenoxy) is 1. The lowest BCUT2D eigenvalue weighted by Crippen LogP contribution is -2.40. The van der Waals surface area contributed by atoms with Crippen LogP contribution in [-0.4, -0.2) is 35.6 Å². The van der Waals surface area contributed by atoms with Crippen LogP contribution in [-0.2, 0) is 9.53 Å². The third-order valence-electron chi connectivity index (χ3n) is 3.29. The van der Waals surface area contributed by atoms with E-state index in [9.17, 15) is 9.18 Å². The number of esters is 1. The molecule has 6 heteroatoms. The van der Waals surface area contributed by atoms with Gasteiger partial charge in [-0.25, -0.2) is 14.4 Å². The van der Waals surface area contributed by atoms with Crippen LogP contribution in [0.15, 0.2) is 6.33 Å². The van der Waals surface area contributed by atoms with Crippen molar-refractivity contribution in [1.82, 2.24) is 9.97 Å². The zero-order valence-electron chi connectivity index (χ0n) is 11.2. The average molecular weight is 267 g/mol. The largest absolute Gasteiger partial charge is 0.466 e. The molecule has 1 atom stereocenters. The topological polar surface area (TPSA) is 55.3 Å². The summed E-state index contributed by atoms with van der Waals surface area (Å²) in [7, 11) is 0. The number of aromatic nitrogens is 2. The second-order valence-corrected chi connectivity index (χ2v) is 4.63. The molecule has 1 aliphatic heterocycles. The summed E-state index contributed by atoms with van der Waals surface area (Å²) >= 11 is 0. The number of carbonyl (C=O) groups excluding carboxylic acids is 1. The van der Waals surface area contributed by atoms with Gasteiger partial charge in [0.15, 0.2) is 11.6 Å². The van der Waals surface area contributed by atoms with Crippen LogP contribution in [0.25, 0.3) is 0 Å². The van der Waals surface area contributed by atoms with E-state index in [0.717, 1.165) is 12.8 Å². The second-order valence-electron chi connectivity index (χ2n) is 4.63. The minimum absolute atomic E-state index is 0.205. The van der Waals surface area contributed by atoms with Crippen molar-refractivity contribution in [3.63, 3.8) is 0 Å². The highest BCUT2D eigenvalue weighted by Crippen LogP contribution is 2.25. The molecule has 2 heterocycles. The monoisotopic (exact) mass is 267 g/mol. The maximum atomic E-state index is 14.0. The maximum Gasteiger partial charge on any atom is 0.310 e. The van der Waals surface area contributed by atoms with Gasteiger partial charge in [-0.1, -0.05) is 0 Å². The Morgan fingerprint density at radius 2 is 2.37 bits per heavy atom. The van der Waals surface area contributed by atoms with Gasteiger partial charge in [-0.3, -0.25) is 4.79 Å². The average Bonchev–Trinajstić information content (AvgIpc) is 2.42. The van der Waals surface area contributed by atoms with E-state index in [2.05, 4.69) is 9.97 Å². The number of halogens is 1. The van der Waals surface area contributed by atoms with Gasteiger partial charge >= 0.3 is 5.97 Å². The van der Waals surface area contributed by atoms with Crippen LogP contribution in [0.5, 0.6) is 0 Å². The molecule has 0 radical (unpaired) electrons. The van der Waals surface area contributed by atoms with E-state index in [0.29, 0.717) is 25.4 Å². The van der Waals surface area contributed by atoms with Gasteiger partial charge in [0.25, 0.3) is 0 Å². The SMILES string of the molecule is CCOC(=O)C1CCCN(c2ncnc(C)c2F)C1. The van der Waals surface area contributed by atoms with E-state index in [1.54, 1.807) is 18.7 Å². The predicted octanol–water partition coefficient (Wildman–Crippen LogP) is 1.70. The Kier molecular flexibility index (Phi) is 4.29. The van der Waals surface area contributed by atoms with Crippen molar-refractivity contribution < 1.29 is 13.9 Å². The lowest BCUT2D eigenvalue weighted by molar-refractivity contribution is -0.148. The Labute approximate surface area is 111 Å². The van der Waals surface area contributed by atoms with E-state index in [1.807, 2.05) is 0 Å². The molecule has 0 bridgehead atoms. The third kappa shape index (κ3) is 3.00. The smallest absolute Gasteiger partial charge is 0.310 e. The van der Waals surface area contributed by atoms with Gasteiger partial charge in [0.2, 0.25) is 0 Å². The Morgan fingerprint density at radius 1 is 1.58 bits per heavy atom. The lowest BCUT2D eigenvalue weighted by Gasteiger charge is -2.32. The van der Waals surface area contributed by atoms with Crippen molar-refractivity contribution >= 4 is 11.8 Å².